The maximum absolute atomic E-state index is 11.3. The Labute approximate surface area is 108 Å². The van der Waals surface area contributed by atoms with Crippen molar-refractivity contribution in [3.63, 3.8) is 0 Å². The summed E-state index contributed by atoms with van der Waals surface area (Å²) in [6.07, 6.45) is 2.98. The van der Waals surface area contributed by atoms with Crippen LogP contribution < -0.4 is 4.74 Å². The second-order valence-electron chi connectivity index (χ2n) is 3.17. The Bertz CT molecular complexity index is 584. The third-order valence-electron chi connectivity index (χ3n) is 2.12. The molecule has 0 aromatic carbocycles. The summed E-state index contributed by atoms with van der Waals surface area (Å²) in [5.74, 6) is -0.0876. The highest BCUT2D eigenvalue weighted by Crippen LogP contribution is 2.13. The first-order valence-corrected chi connectivity index (χ1v) is 5.28. The molecule has 0 bridgehead atoms. The molecule has 0 radical (unpaired) electrons. The van der Waals surface area contributed by atoms with Gasteiger partial charge in [0.05, 0.1) is 14.2 Å². The third kappa shape index (κ3) is 2.23. The maximum atomic E-state index is 11.3. The Morgan fingerprint density at radius 1 is 1.39 bits per heavy atom. The molecule has 2 aromatic heterocycles. The smallest absolute Gasteiger partial charge is 0.358 e. The van der Waals surface area contributed by atoms with E-state index in [-0.39, 0.29) is 16.9 Å². The molecule has 0 aliphatic heterocycles. The Kier molecular flexibility index (Phi) is 3.38. The average Bonchev–Trinajstić information content (AvgIpc) is 2.80. The van der Waals surface area contributed by atoms with Crippen LogP contribution >= 0.6 is 0 Å². The number of ether oxygens (including phenoxy) is 2. The predicted molar refractivity (Wildman–Crippen MR) is 62.7 cm³/mol. The highest BCUT2D eigenvalue weighted by molar-refractivity contribution is 7.58. The van der Waals surface area contributed by atoms with Crippen molar-refractivity contribution in [2.75, 3.05) is 14.2 Å². The number of carbonyl (C=O) groups is 1. The van der Waals surface area contributed by atoms with Crippen LogP contribution in [0.3, 0.4) is 0 Å². The molecule has 0 fully saturated rings. The lowest BCUT2D eigenvalue weighted by Crippen LogP contribution is -2.02. The molecule has 0 unspecified atom stereocenters. The molecule has 0 N–H and O–H groups in total. The van der Waals surface area contributed by atoms with Crippen molar-refractivity contribution in [2.45, 2.75) is 5.16 Å². The summed E-state index contributed by atoms with van der Waals surface area (Å²) in [6.45, 7) is 0. The van der Waals surface area contributed by atoms with Crippen LogP contribution in [0.25, 0.3) is 5.82 Å². The summed E-state index contributed by atoms with van der Waals surface area (Å²) in [7, 11) is 2.74. The zero-order valence-corrected chi connectivity index (χ0v) is 10.5. The van der Waals surface area contributed by atoms with Gasteiger partial charge in [-0.05, 0) is 5.16 Å². The van der Waals surface area contributed by atoms with Crippen LogP contribution in [0, 0.1) is 0 Å². The van der Waals surface area contributed by atoms with Gasteiger partial charge in [0.15, 0.2) is 5.69 Å². The molecule has 94 valence electrons. The minimum Gasteiger partial charge on any atom is -0.742 e. The molecule has 0 atom stereocenters. The van der Waals surface area contributed by atoms with Crippen LogP contribution in [0.1, 0.15) is 10.5 Å². The van der Waals surface area contributed by atoms with E-state index in [0.717, 1.165) is 0 Å². The average molecular weight is 265 g/mol. The van der Waals surface area contributed by atoms with Crippen molar-refractivity contribution in [1.82, 2.24) is 19.5 Å². The second-order valence-corrected chi connectivity index (χ2v) is 3.54. The number of nitrogens with zero attached hydrogens (tertiary/aromatic N) is 4. The fraction of sp³-hybridized carbons (Fsp3) is 0.200. The Morgan fingerprint density at radius 2 is 2.17 bits per heavy atom. The molecule has 18 heavy (non-hydrogen) atoms. The van der Waals surface area contributed by atoms with Gasteiger partial charge in [-0.3, -0.25) is 4.98 Å². The molecule has 8 heteroatoms. The number of rotatable bonds is 3. The first kappa shape index (κ1) is 12.2. The van der Waals surface area contributed by atoms with E-state index < -0.39 is 5.97 Å². The van der Waals surface area contributed by atoms with Gasteiger partial charge in [0.2, 0.25) is 0 Å². The lowest BCUT2D eigenvalue weighted by molar-refractivity contribution is 0.0594. The van der Waals surface area contributed by atoms with Crippen LogP contribution in [0.5, 0.6) is 6.01 Å². The molecule has 0 saturated heterocycles. The standard InChI is InChI=1S/C10H10N4O3S/c1-16-8(15)6-5-14(10(18)12-6)7-3-4-11-9(13-7)17-2/h3-5H,1-2H3,(H,12,18)/p-1. The monoisotopic (exact) mass is 265 g/mol. The summed E-state index contributed by atoms with van der Waals surface area (Å²) < 4.78 is 11.0. The highest BCUT2D eigenvalue weighted by Gasteiger charge is 2.11. The van der Waals surface area contributed by atoms with Gasteiger partial charge < -0.3 is 26.7 Å². The van der Waals surface area contributed by atoms with Gasteiger partial charge in [-0.2, -0.15) is 4.98 Å². The van der Waals surface area contributed by atoms with E-state index in [1.807, 2.05) is 0 Å². The predicted octanol–water partition coefficient (Wildman–Crippen LogP) is 0.363. The van der Waals surface area contributed by atoms with Crippen molar-refractivity contribution in [3.05, 3.63) is 24.2 Å². The van der Waals surface area contributed by atoms with E-state index in [0.29, 0.717) is 5.82 Å². The van der Waals surface area contributed by atoms with Crippen LogP contribution in [-0.4, -0.2) is 39.7 Å². The topological polar surface area (TPSA) is 79.1 Å². The van der Waals surface area contributed by atoms with Gasteiger partial charge in [-0.15, -0.1) is 0 Å². The molecule has 0 saturated carbocycles. The van der Waals surface area contributed by atoms with E-state index in [1.54, 1.807) is 6.07 Å². The van der Waals surface area contributed by atoms with Crippen molar-refractivity contribution in [3.8, 4) is 11.8 Å². The van der Waals surface area contributed by atoms with Crippen LogP contribution in [-0.2, 0) is 17.4 Å². The molecule has 7 nitrogen and oxygen atoms in total. The Balaban J connectivity index is 2.44. The van der Waals surface area contributed by atoms with Gasteiger partial charge in [0.1, 0.15) is 5.82 Å². The zero-order chi connectivity index (χ0) is 13.1. The molecule has 0 spiro atoms. The largest absolute Gasteiger partial charge is 0.742 e. The number of hydrogen-bond donors (Lipinski definition) is 0. The summed E-state index contributed by atoms with van der Waals surface area (Å²) in [5.41, 5.74) is 0.125. The first-order chi connectivity index (χ1) is 8.65. The number of carbonyl (C=O) groups excluding carboxylic acids is 1. The fourth-order valence-corrected chi connectivity index (χ4v) is 1.54. The number of esters is 1. The normalized spacial score (nSPS) is 10.1. The highest BCUT2D eigenvalue weighted by atomic mass is 32.1. The number of methoxy groups -OCH3 is 2. The van der Waals surface area contributed by atoms with Crippen molar-refractivity contribution < 1.29 is 14.3 Å². The lowest BCUT2D eigenvalue weighted by Gasteiger charge is -2.09. The van der Waals surface area contributed by atoms with Crippen LogP contribution in [0.15, 0.2) is 23.6 Å². The first-order valence-electron chi connectivity index (χ1n) is 4.88. The quantitative estimate of drug-likeness (QED) is 0.585. The molecule has 2 rings (SSSR count). The molecule has 2 heterocycles. The van der Waals surface area contributed by atoms with E-state index in [2.05, 4.69) is 19.7 Å². The fourth-order valence-electron chi connectivity index (χ4n) is 1.29. The zero-order valence-electron chi connectivity index (χ0n) is 9.65. The Morgan fingerprint density at radius 3 is 2.83 bits per heavy atom. The van der Waals surface area contributed by atoms with Crippen LogP contribution in [0.2, 0.25) is 0 Å². The van der Waals surface area contributed by atoms with Gasteiger partial charge in [-0.1, -0.05) is 0 Å². The van der Waals surface area contributed by atoms with Gasteiger partial charge >= 0.3 is 12.0 Å². The summed E-state index contributed by atoms with van der Waals surface area (Å²) in [4.78, 5) is 23.2. The number of aromatic nitrogens is 4. The number of imidazole rings is 1. The van der Waals surface area contributed by atoms with E-state index >= 15 is 0 Å². The SMILES string of the molecule is COC(=O)c1cn(-c2ccnc(OC)n2)c([S-])n1. The molecule has 0 aliphatic carbocycles. The Hall–Kier alpha value is -2.22. The number of hydrogen-bond acceptors (Lipinski definition) is 7. The van der Waals surface area contributed by atoms with Crippen molar-refractivity contribution >= 4 is 18.6 Å². The minimum atomic E-state index is -0.555. The molecule has 0 amide bonds. The summed E-state index contributed by atoms with van der Waals surface area (Å²) in [5, 5.41) is 0.205. The van der Waals surface area contributed by atoms with Gasteiger partial charge in [-0.25, -0.2) is 9.78 Å². The van der Waals surface area contributed by atoms with Crippen molar-refractivity contribution in [1.29, 1.82) is 0 Å². The second kappa shape index (κ2) is 4.96. The van der Waals surface area contributed by atoms with Gasteiger partial charge in [0, 0.05) is 18.5 Å². The van der Waals surface area contributed by atoms with Crippen molar-refractivity contribution in [2.24, 2.45) is 0 Å². The van der Waals surface area contributed by atoms with E-state index in [4.69, 9.17) is 17.4 Å². The summed E-state index contributed by atoms with van der Waals surface area (Å²) >= 11 is 5.04. The molecular formula is C10H9N4O3S-. The molecular weight excluding hydrogens is 256 g/mol. The van der Waals surface area contributed by atoms with E-state index in [9.17, 15) is 4.79 Å². The van der Waals surface area contributed by atoms with E-state index in [1.165, 1.54) is 31.2 Å². The molecule has 0 aliphatic rings. The third-order valence-corrected chi connectivity index (χ3v) is 2.40. The molecule has 2 aromatic rings. The maximum Gasteiger partial charge on any atom is 0.358 e. The summed E-state index contributed by atoms with van der Waals surface area (Å²) in [6, 6.07) is 1.83. The van der Waals surface area contributed by atoms with Gasteiger partial charge in [0.25, 0.3) is 0 Å². The van der Waals surface area contributed by atoms with Crippen LogP contribution in [0.4, 0.5) is 0 Å². The lowest BCUT2D eigenvalue weighted by atomic mass is 10.5. The minimum absolute atomic E-state index is 0.125.